The summed E-state index contributed by atoms with van der Waals surface area (Å²) in [6.45, 7) is 1.70. The summed E-state index contributed by atoms with van der Waals surface area (Å²) in [4.78, 5) is 24.2. The van der Waals surface area contributed by atoms with Crippen molar-refractivity contribution in [2.75, 3.05) is 19.2 Å². The van der Waals surface area contributed by atoms with Crippen molar-refractivity contribution in [3.8, 4) is 17.2 Å². The van der Waals surface area contributed by atoms with Crippen molar-refractivity contribution >= 4 is 17.6 Å². The van der Waals surface area contributed by atoms with Gasteiger partial charge in [0.05, 0.1) is 7.11 Å². The van der Waals surface area contributed by atoms with Gasteiger partial charge in [0.1, 0.15) is 5.75 Å². The minimum absolute atomic E-state index is 0.162. The van der Waals surface area contributed by atoms with E-state index in [2.05, 4.69) is 5.32 Å². The second-order valence-corrected chi connectivity index (χ2v) is 6.04. The van der Waals surface area contributed by atoms with Crippen molar-refractivity contribution in [2.24, 2.45) is 0 Å². The molecule has 3 rings (SSSR count). The number of rotatable bonds is 7. The summed E-state index contributed by atoms with van der Waals surface area (Å²) < 4.78 is 20.8. The SMILES string of the molecule is COc1ccc(CCC(=O)O[C@H](C)C(=O)Nc2ccc3c(c2)OCO3)cc1. The Hall–Kier alpha value is -3.22. The summed E-state index contributed by atoms with van der Waals surface area (Å²) >= 11 is 0. The first kappa shape index (κ1) is 18.6. The number of esters is 1. The Kier molecular flexibility index (Phi) is 5.80. The van der Waals surface area contributed by atoms with E-state index in [-0.39, 0.29) is 13.2 Å². The van der Waals surface area contributed by atoms with Gasteiger partial charge in [0.2, 0.25) is 6.79 Å². The Bertz CT molecular complexity index is 818. The van der Waals surface area contributed by atoms with Crippen LogP contribution in [-0.4, -0.2) is 31.9 Å². The largest absolute Gasteiger partial charge is 0.497 e. The van der Waals surface area contributed by atoms with Crippen molar-refractivity contribution in [3.05, 3.63) is 48.0 Å². The van der Waals surface area contributed by atoms with Crippen LogP contribution in [-0.2, 0) is 20.7 Å². The lowest BCUT2D eigenvalue weighted by molar-refractivity contribution is -0.153. The van der Waals surface area contributed by atoms with Crippen molar-refractivity contribution in [2.45, 2.75) is 25.9 Å². The molecule has 7 heteroatoms. The van der Waals surface area contributed by atoms with Gasteiger partial charge in [-0.25, -0.2) is 0 Å². The molecule has 1 heterocycles. The Labute approximate surface area is 157 Å². The second-order valence-electron chi connectivity index (χ2n) is 6.04. The van der Waals surface area contributed by atoms with E-state index in [0.717, 1.165) is 11.3 Å². The van der Waals surface area contributed by atoms with E-state index >= 15 is 0 Å². The summed E-state index contributed by atoms with van der Waals surface area (Å²) in [5.74, 6) is 1.11. The number of methoxy groups -OCH3 is 1. The van der Waals surface area contributed by atoms with Crippen LogP contribution in [0.3, 0.4) is 0 Å². The standard InChI is InChI=1S/C20H21NO6/c1-13(20(23)21-15-6-9-17-18(11-15)26-12-25-17)27-19(22)10-5-14-3-7-16(24-2)8-4-14/h3-4,6-9,11,13H,5,10,12H2,1-2H3,(H,21,23)/t13-/m1/s1. The molecule has 0 radical (unpaired) electrons. The van der Waals surface area contributed by atoms with Crippen molar-refractivity contribution in [3.63, 3.8) is 0 Å². The maximum Gasteiger partial charge on any atom is 0.306 e. The predicted molar refractivity (Wildman–Crippen MR) is 98.1 cm³/mol. The molecule has 2 aromatic carbocycles. The number of ether oxygens (including phenoxy) is 4. The molecule has 2 aromatic rings. The number of aryl methyl sites for hydroxylation is 1. The van der Waals surface area contributed by atoms with Crippen LogP contribution in [0.15, 0.2) is 42.5 Å². The van der Waals surface area contributed by atoms with E-state index in [9.17, 15) is 9.59 Å². The molecule has 0 saturated carbocycles. The van der Waals surface area contributed by atoms with Crippen LogP contribution in [0.4, 0.5) is 5.69 Å². The highest BCUT2D eigenvalue weighted by Crippen LogP contribution is 2.34. The first-order valence-corrected chi connectivity index (χ1v) is 8.58. The third kappa shape index (κ3) is 4.91. The number of carbonyl (C=O) groups is 2. The fourth-order valence-electron chi connectivity index (χ4n) is 2.57. The van der Waals surface area contributed by atoms with Gasteiger partial charge in [-0.05, 0) is 43.2 Å². The van der Waals surface area contributed by atoms with E-state index < -0.39 is 18.0 Å². The quantitative estimate of drug-likeness (QED) is 0.754. The van der Waals surface area contributed by atoms with Gasteiger partial charge in [0, 0.05) is 18.2 Å². The molecule has 27 heavy (non-hydrogen) atoms. The fraction of sp³-hybridized carbons (Fsp3) is 0.300. The van der Waals surface area contributed by atoms with E-state index in [0.29, 0.717) is 23.6 Å². The van der Waals surface area contributed by atoms with Gasteiger partial charge in [-0.2, -0.15) is 0 Å². The van der Waals surface area contributed by atoms with E-state index in [1.165, 1.54) is 6.92 Å². The number of fused-ring (bicyclic) bond motifs is 1. The normalized spacial score (nSPS) is 13.0. The summed E-state index contributed by atoms with van der Waals surface area (Å²) in [6, 6.07) is 12.5. The Morgan fingerprint density at radius 1 is 1.11 bits per heavy atom. The smallest absolute Gasteiger partial charge is 0.306 e. The molecule has 0 unspecified atom stereocenters. The predicted octanol–water partition coefficient (Wildman–Crippen LogP) is 2.93. The van der Waals surface area contributed by atoms with Crippen LogP contribution in [0.2, 0.25) is 0 Å². The van der Waals surface area contributed by atoms with Gasteiger partial charge in [0.25, 0.3) is 5.91 Å². The third-order valence-electron chi connectivity index (χ3n) is 4.09. The zero-order valence-corrected chi connectivity index (χ0v) is 15.2. The molecule has 1 atom stereocenters. The highest BCUT2D eigenvalue weighted by atomic mass is 16.7. The lowest BCUT2D eigenvalue weighted by Crippen LogP contribution is -2.30. The molecule has 1 aliphatic rings. The molecule has 142 valence electrons. The Morgan fingerprint density at radius 3 is 2.59 bits per heavy atom. The van der Waals surface area contributed by atoms with Gasteiger partial charge in [0.15, 0.2) is 17.6 Å². The van der Waals surface area contributed by atoms with Crippen LogP contribution in [0.25, 0.3) is 0 Å². The minimum Gasteiger partial charge on any atom is -0.497 e. The number of carbonyl (C=O) groups excluding carboxylic acids is 2. The molecule has 0 fully saturated rings. The second kappa shape index (κ2) is 8.44. The molecule has 0 aliphatic carbocycles. The molecule has 1 amide bonds. The number of amides is 1. The maximum atomic E-state index is 12.2. The molecular formula is C20H21NO6. The number of hydrogen-bond acceptors (Lipinski definition) is 6. The van der Waals surface area contributed by atoms with Gasteiger partial charge in [-0.15, -0.1) is 0 Å². The third-order valence-corrected chi connectivity index (χ3v) is 4.09. The van der Waals surface area contributed by atoms with E-state index in [1.807, 2.05) is 24.3 Å². The molecule has 0 spiro atoms. The highest BCUT2D eigenvalue weighted by molar-refractivity contribution is 5.95. The van der Waals surface area contributed by atoms with Crippen LogP contribution >= 0.6 is 0 Å². The molecule has 0 bridgehead atoms. The number of nitrogens with one attached hydrogen (secondary N) is 1. The Balaban J connectivity index is 1.46. The zero-order valence-electron chi connectivity index (χ0n) is 15.2. The Morgan fingerprint density at radius 2 is 1.85 bits per heavy atom. The van der Waals surface area contributed by atoms with Crippen LogP contribution in [0.1, 0.15) is 18.9 Å². The zero-order chi connectivity index (χ0) is 19.2. The van der Waals surface area contributed by atoms with Crippen molar-refractivity contribution < 1.29 is 28.5 Å². The molecular weight excluding hydrogens is 350 g/mol. The van der Waals surface area contributed by atoms with Crippen LogP contribution in [0, 0.1) is 0 Å². The van der Waals surface area contributed by atoms with Crippen LogP contribution in [0.5, 0.6) is 17.2 Å². The number of hydrogen-bond donors (Lipinski definition) is 1. The maximum absolute atomic E-state index is 12.2. The van der Waals surface area contributed by atoms with Gasteiger partial charge < -0.3 is 24.3 Å². The number of benzene rings is 2. The highest BCUT2D eigenvalue weighted by Gasteiger charge is 2.19. The van der Waals surface area contributed by atoms with Crippen molar-refractivity contribution in [1.29, 1.82) is 0 Å². The van der Waals surface area contributed by atoms with E-state index in [4.69, 9.17) is 18.9 Å². The number of anilines is 1. The lowest BCUT2D eigenvalue weighted by Gasteiger charge is -2.14. The van der Waals surface area contributed by atoms with Gasteiger partial charge in [-0.3, -0.25) is 9.59 Å². The van der Waals surface area contributed by atoms with E-state index in [1.54, 1.807) is 25.3 Å². The first-order chi connectivity index (χ1) is 13.0. The van der Waals surface area contributed by atoms with Gasteiger partial charge in [-0.1, -0.05) is 12.1 Å². The molecule has 1 N–H and O–H groups in total. The molecule has 0 saturated heterocycles. The first-order valence-electron chi connectivity index (χ1n) is 8.58. The van der Waals surface area contributed by atoms with Crippen molar-refractivity contribution in [1.82, 2.24) is 0 Å². The molecule has 1 aliphatic heterocycles. The molecule has 7 nitrogen and oxygen atoms in total. The average Bonchev–Trinajstić information content (AvgIpc) is 3.14. The lowest BCUT2D eigenvalue weighted by atomic mass is 10.1. The summed E-state index contributed by atoms with van der Waals surface area (Å²) in [7, 11) is 1.60. The summed E-state index contributed by atoms with van der Waals surface area (Å²) in [5.41, 5.74) is 1.54. The topological polar surface area (TPSA) is 83.1 Å². The molecule has 0 aromatic heterocycles. The average molecular weight is 371 g/mol. The minimum atomic E-state index is -0.904. The monoisotopic (exact) mass is 371 g/mol. The fourth-order valence-corrected chi connectivity index (χ4v) is 2.57. The van der Waals surface area contributed by atoms with Gasteiger partial charge >= 0.3 is 5.97 Å². The summed E-state index contributed by atoms with van der Waals surface area (Å²) in [6.07, 6.45) is -0.188. The van der Waals surface area contributed by atoms with Crippen LogP contribution < -0.4 is 19.5 Å². The summed E-state index contributed by atoms with van der Waals surface area (Å²) in [5, 5.41) is 2.70.